The highest BCUT2D eigenvalue weighted by atomic mass is 16.5. The van der Waals surface area contributed by atoms with E-state index >= 15 is 0 Å². The molecule has 0 unspecified atom stereocenters. The van der Waals surface area contributed by atoms with E-state index in [1.54, 1.807) is 0 Å². The summed E-state index contributed by atoms with van der Waals surface area (Å²) >= 11 is 0. The molecule has 0 aliphatic heterocycles. The topological polar surface area (TPSA) is 98.1 Å². The first-order valence-electron chi connectivity index (χ1n) is 5.23. The fourth-order valence-electron chi connectivity index (χ4n) is 1.88. The second-order valence-corrected chi connectivity index (χ2v) is 3.85. The zero-order valence-corrected chi connectivity index (χ0v) is 8.73. The first-order chi connectivity index (χ1) is 7.68. The Bertz CT molecular complexity index is 407. The maximum atomic E-state index is 11.7. The van der Waals surface area contributed by atoms with Gasteiger partial charge in [-0.3, -0.25) is 9.59 Å². The maximum Gasteiger partial charge on any atom is 0.315 e. The van der Waals surface area contributed by atoms with Gasteiger partial charge in [0.25, 0.3) is 11.8 Å². The first-order valence-corrected chi connectivity index (χ1v) is 5.23. The van der Waals surface area contributed by atoms with Crippen LogP contribution >= 0.6 is 0 Å². The summed E-state index contributed by atoms with van der Waals surface area (Å²) in [7, 11) is 0. The van der Waals surface area contributed by atoms with Crippen molar-refractivity contribution in [3.05, 3.63) is 12.0 Å². The lowest BCUT2D eigenvalue weighted by molar-refractivity contribution is -0.138. The van der Waals surface area contributed by atoms with E-state index in [1.165, 1.54) is 6.33 Å². The number of carbonyl (C=O) groups is 2. The lowest BCUT2D eigenvalue weighted by atomic mass is 10.1. The normalized spacial score (nSPS) is 16.2. The Morgan fingerprint density at radius 3 is 2.75 bits per heavy atom. The minimum absolute atomic E-state index is 0.0237. The number of ether oxygens (including phenoxy) is 1. The van der Waals surface area contributed by atoms with Gasteiger partial charge in [0.15, 0.2) is 5.69 Å². The molecule has 0 atom stereocenters. The first kappa shape index (κ1) is 10.7. The van der Waals surface area contributed by atoms with E-state index in [-0.39, 0.29) is 23.5 Å². The lowest BCUT2D eigenvalue weighted by Crippen LogP contribution is -2.20. The molecule has 1 aromatic rings. The Kier molecular flexibility index (Phi) is 2.89. The smallest absolute Gasteiger partial charge is 0.315 e. The van der Waals surface area contributed by atoms with Crippen LogP contribution in [0.3, 0.4) is 0 Å². The van der Waals surface area contributed by atoms with Crippen LogP contribution in [0.4, 0.5) is 0 Å². The van der Waals surface area contributed by atoms with Crippen LogP contribution in [-0.4, -0.2) is 21.8 Å². The molecule has 0 spiro atoms. The second-order valence-electron chi connectivity index (χ2n) is 3.85. The Hall–Kier alpha value is -1.85. The molecular weight excluding hydrogens is 210 g/mol. The number of aromatic nitrogens is 2. The summed E-state index contributed by atoms with van der Waals surface area (Å²) in [5.74, 6) is -1.11. The van der Waals surface area contributed by atoms with Crippen LogP contribution in [0.5, 0.6) is 5.88 Å². The summed E-state index contributed by atoms with van der Waals surface area (Å²) in [4.78, 5) is 28.9. The number of nitrogens with one attached hydrogen (secondary N) is 1. The zero-order chi connectivity index (χ0) is 11.5. The molecule has 3 N–H and O–H groups in total. The predicted octanol–water partition coefficient (Wildman–Crippen LogP) is 0.604. The van der Waals surface area contributed by atoms with Crippen LogP contribution in [0.2, 0.25) is 0 Å². The molecule has 2 rings (SSSR count). The third kappa shape index (κ3) is 2.05. The van der Waals surface area contributed by atoms with Crippen molar-refractivity contribution in [2.75, 3.05) is 0 Å². The summed E-state index contributed by atoms with van der Waals surface area (Å²) in [6, 6.07) is 0. The molecule has 1 fully saturated rings. The number of imidazole rings is 1. The molecule has 1 aromatic heterocycles. The van der Waals surface area contributed by atoms with Gasteiger partial charge in [0.2, 0.25) is 0 Å². The van der Waals surface area contributed by atoms with E-state index in [0.717, 1.165) is 25.7 Å². The van der Waals surface area contributed by atoms with Gasteiger partial charge in [0.1, 0.15) is 0 Å². The molecule has 1 heterocycles. The van der Waals surface area contributed by atoms with Gasteiger partial charge in [0.05, 0.1) is 12.2 Å². The van der Waals surface area contributed by atoms with Gasteiger partial charge in [-0.2, -0.15) is 0 Å². The molecule has 1 aliphatic carbocycles. The zero-order valence-electron chi connectivity index (χ0n) is 8.73. The number of carbonyl (C=O) groups excluding carboxylic acids is 2. The van der Waals surface area contributed by atoms with Gasteiger partial charge >= 0.3 is 5.97 Å². The SMILES string of the molecule is NC(=O)c1[nH]cnc1OC(=O)C1CCCC1. The summed E-state index contributed by atoms with van der Waals surface area (Å²) in [6.45, 7) is 0. The third-order valence-corrected chi connectivity index (χ3v) is 2.74. The van der Waals surface area contributed by atoms with Crippen molar-refractivity contribution in [2.45, 2.75) is 25.7 Å². The molecule has 1 amide bonds. The van der Waals surface area contributed by atoms with Crippen LogP contribution in [0.25, 0.3) is 0 Å². The molecule has 86 valence electrons. The van der Waals surface area contributed by atoms with Gasteiger partial charge in [-0.25, -0.2) is 4.98 Å². The van der Waals surface area contributed by atoms with E-state index in [0.29, 0.717) is 0 Å². The number of hydrogen-bond acceptors (Lipinski definition) is 4. The number of nitrogens with two attached hydrogens (primary N) is 1. The van der Waals surface area contributed by atoms with Crippen molar-refractivity contribution in [1.29, 1.82) is 0 Å². The third-order valence-electron chi connectivity index (χ3n) is 2.74. The second kappa shape index (κ2) is 4.34. The number of primary amides is 1. The highest BCUT2D eigenvalue weighted by Crippen LogP contribution is 2.26. The molecule has 16 heavy (non-hydrogen) atoms. The van der Waals surface area contributed by atoms with Crippen molar-refractivity contribution in [2.24, 2.45) is 11.7 Å². The average molecular weight is 223 g/mol. The van der Waals surface area contributed by atoms with Crippen molar-refractivity contribution in [1.82, 2.24) is 9.97 Å². The van der Waals surface area contributed by atoms with Gasteiger partial charge < -0.3 is 15.5 Å². The Balaban J connectivity index is 2.05. The standard InChI is InChI=1S/C10H13N3O3/c11-8(14)7-9(13-5-12-7)16-10(15)6-3-1-2-4-6/h5-6H,1-4H2,(H2,11,14)(H,12,13). The van der Waals surface area contributed by atoms with Gasteiger partial charge in [-0.15, -0.1) is 0 Å². The summed E-state index contributed by atoms with van der Waals surface area (Å²) in [5, 5.41) is 0. The van der Waals surface area contributed by atoms with Crippen LogP contribution in [0.1, 0.15) is 36.2 Å². The predicted molar refractivity (Wildman–Crippen MR) is 54.7 cm³/mol. The minimum Gasteiger partial charge on any atom is -0.405 e. The molecule has 0 saturated heterocycles. The number of esters is 1. The Morgan fingerprint density at radius 2 is 2.12 bits per heavy atom. The largest absolute Gasteiger partial charge is 0.405 e. The average Bonchev–Trinajstić information content (AvgIpc) is 2.86. The van der Waals surface area contributed by atoms with Gasteiger partial charge in [-0.1, -0.05) is 12.8 Å². The summed E-state index contributed by atoms with van der Waals surface area (Å²) in [6.07, 6.45) is 5.05. The summed E-state index contributed by atoms with van der Waals surface area (Å²) in [5.41, 5.74) is 5.12. The van der Waals surface area contributed by atoms with Crippen molar-refractivity contribution in [3.8, 4) is 5.88 Å². The minimum atomic E-state index is -0.688. The molecule has 1 aliphatic rings. The van der Waals surface area contributed by atoms with Crippen molar-refractivity contribution in [3.63, 3.8) is 0 Å². The van der Waals surface area contributed by atoms with E-state index in [9.17, 15) is 9.59 Å². The van der Waals surface area contributed by atoms with E-state index < -0.39 is 5.91 Å². The number of rotatable bonds is 3. The fourth-order valence-corrected chi connectivity index (χ4v) is 1.88. The Morgan fingerprint density at radius 1 is 1.44 bits per heavy atom. The van der Waals surface area contributed by atoms with E-state index in [1.807, 2.05) is 0 Å². The quantitative estimate of drug-likeness (QED) is 0.733. The Labute approximate surface area is 92.2 Å². The number of amides is 1. The van der Waals surface area contributed by atoms with E-state index in [4.69, 9.17) is 10.5 Å². The summed E-state index contributed by atoms with van der Waals surface area (Å²) < 4.78 is 5.05. The van der Waals surface area contributed by atoms with Gasteiger partial charge in [0, 0.05) is 0 Å². The number of hydrogen-bond donors (Lipinski definition) is 2. The van der Waals surface area contributed by atoms with Crippen LogP contribution < -0.4 is 10.5 Å². The van der Waals surface area contributed by atoms with Crippen LogP contribution in [-0.2, 0) is 4.79 Å². The highest BCUT2D eigenvalue weighted by Gasteiger charge is 2.26. The number of nitrogens with zero attached hydrogens (tertiary/aromatic N) is 1. The fraction of sp³-hybridized carbons (Fsp3) is 0.500. The molecule has 6 nitrogen and oxygen atoms in total. The van der Waals surface area contributed by atoms with Crippen LogP contribution in [0.15, 0.2) is 6.33 Å². The molecule has 1 saturated carbocycles. The number of H-pyrrole nitrogens is 1. The number of aromatic amines is 1. The molecule has 6 heteroatoms. The van der Waals surface area contributed by atoms with Crippen molar-refractivity contribution >= 4 is 11.9 Å². The molecule has 0 radical (unpaired) electrons. The monoisotopic (exact) mass is 223 g/mol. The van der Waals surface area contributed by atoms with E-state index in [2.05, 4.69) is 9.97 Å². The maximum absolute atomic E-state index is 11.7. The van der Waals surface area contributed by atoms with Crippen molar-refractivity contribution < 1.29 is 14.3 Å². The van der Waals surface area contributed by atoms with Crippen LogP contribution in [0, 0.1) is 5.92 Å². The highest BCUT2D eigenvalue weighted by molar-refractivity contribution is 5.93. The molecular formula is C10H13N3O3. The molecule has 0 bridgehead atoms. The molecule has 0 aromatic carbocycles. The van der Waals surface area contributed by atoms with Gasteiger partial charge in [-0.05, 0) is 12.8 Å². The lowest BCUT2D eigenvalue weighted by Gasteiger charge is -2.07.